The molecule has 0 aliphatic carbocycles. The summed E-state index contributed by atoms with van der Waals surface area (Å²) in [6, 6.07) is 0. The molecule has 0 aromatic rings. The van der Waals surface area contributed by atoms with Gasteiger partial charge in [-0.05, 0) is 77.0 Å². The maximum absolute atomic E-state index is 12.9. The molecule has 0 aliphatic rings. The van der Waals surface area contributed by atoms with Crippen LogP contribution < -0.4 is 0 Å². The number of allylic oxidation sites excluding steroid dienone is 8. The summed E-state index contributed by atoms with van der Waals surface area (Å²) in [5.41, 5.74) is 0. The van der Waals surface area contributed by atoms with Crippen molar-refractivity contribution in [1.29, 1.82) is 0 Å². The van der Waals surface area contributed by atoms with Gasteiger partial charge < -0.3 is 24.2 Å². The normalized spacial score (nSPS) is 13.6. The minimum absolute atomic E-state index is 0.159. The van der Waals surface area contributed by atoms with Gasteiger partial charge in [0, 0.05) is 19.3 Å². The molecule has 74 heavy (non-hydrogen) atoms. The summed E-state index contributed by atoms with van der Waals surface area (Å²) in [6.07, 6.45) is 60.7. The van der Waals surface area contributed by atoms with E-state index in [9.17, 15) is 28.9 Å². The number of rotatable bonds is 57. The Labute approximate surface area is 453 Å². The first-order valence-corrected chi connectivity index (χ1v) is 32.0. The van der Waals surface area contributed by atoms with E-state index in [1.807, 2.05) is 0 Å². The number of phosphoric ester groups is 1. The number of unbranched alkanes of at least 4 members (excludes halogenated alkanes) is 32. The van der Waals surface area contributed by atoms with Crippen molar-refractivity contribution in [3.63, 3.8) is 0 Å². The Morgan fingerprint density at radius 1 is 0.392 bits per heavy atom. The zero-order valence-corrected chi connectivity index (χ0v) is 48.7. The molecule has 0 aromatic carbocycles. The summed E-state index contributed by atoms with van der Waals surface area (Å²) in [5.74, 6) is -1.47. The molecule has 12 heteroatoms. The average molecular weight is 1070 g/mol. The van der Waals surface area contributed by atoms with Gasteiger partial charge in [0.25, 0.3) is 0 Å². The van der Waals surface area contributed by atoms with Gasteiger partial charge in [0.1, 0.15) is 12.7 Å². The molecule has 0 saturated heterocycles. The molecular formula is C62H113O11P. The van der Waals surface area contributed by atoms with Gasteiger partial charge in [0.2, 0.25) is 0 Å². The third kappa shape index (κ3) is 54.2. The molecule has 0 saturated carbocycles. The monoisotopic (exact) mass is 1060 g/mol. The van der Waals surface area contributed by atoms with Crippen LogP contribution in [0.2, 0.25) is 0 Å². The van der Waals surface area contributed by atoms with Gasteiger partial charge in [0.15, 0.2) is 6.10 Å². The van der Waals surface area contributed by atoms with Gasteiger partial charge in [-0.2, -0.15) is 0 Å². The molecule has 0 bridgehead atoms. The molecule has 0 aliphatic heterocycles. The lowest BCUT2D eigenvalue weighted by Crippen LogP contribution is -2.30. The largest absolute Gasteiger partial charge is 0.472 e. The SMILES string of the molecule is CC/C=C\C/C=C\C/C=C\CCCCCCCC(=O)OC(CO)COP(=O)(O)OCC(COC(=O)CCCCCCC/C=C\CCCCCC)OC(=O)CCCCCCCCCCCCCCCCCCCCC. The lowest BCUT2D eigenvalue weighted by Gasteiger charge is -2.21. The summed E-state index contributed by atoms with van der Waals surface area (Å²) in [7, 11) is -4.75. The second-order valence-corrected chi connectivity index (χ2v) is 21.9. The second-order valence-electron chi connectivity index (χ2n) is 20.5. The predicted molar refractivity (Wildman–Crippen MR) is 307 cm³/mol. The number of hydrogen-bond donors (Lipinski definition) is 2. The standard InChI is InChI=1S/C62H113O11P/c1-4-7-10-13-16-19-22-25-27-28-29-30-32-35-38-41-44-47-50-53-62(66)73-59(55-69-60(64)51-48-45-42-39-36-33-24-21-18-15-12-9-6-3)57-71-74(67,68)70-56-58(54-63)72-61(65)52-49-46-43-40-37-34-31-26-23-20-17-14-11-8-5-2/h8,11,17,20-21,24,26,31,58-59,63H,4-7,9-10,12-16,18-19,22-23,25,27-30,32-57H2,1-3H3,(H,67,68)/b11-8-,20-17-,24-21-,31-26-. The lowest BCUT2D eigenvalue weighted by atomic mass is 10.0. The van der Waals surface area contributed by atoms with E-state index in [4.69, 9.17) is 23.3 Å². The molecular weight excluding hydrogens is 952 g/mol. The molecule has 0 radical (unpaired) electrons. The Morgan fingerprint density at radius 2 is 0.703 bits per heavy atom. The highest BCUT2D eigenvalue weighted by Crippen LogP contribution is 2.43. The highest BCUT2D eigenvalue weighted by atomic mass is 31.2. The van der Waals surface area contributed by atoms with Crippen LogP contribution >= 0.6 is 7.82 Å². The van der Waals surface area contributed by atoms with E-state index in [0.717, 1.165) is 109 Å². The van der Waals surface area contributed by atoms with Crippen molar-refractivity contribution in [2.24, 2.45) is 0 Å². The molecule has 3 unspecified atom stereocenters. The van der Waals surface area contributed by atoms with Gasteiger partial charge in [-0.1, -0.05) is 243 Å². The summed E-state index contributed by atoms with van der Waals surface area (Å²) < 4.78 is 39.6. The predicted octanol–water partition coefficient (Wildman–Crippen LogP) is 18.1. The molecule has 0 rings (SSSR count). The molecule has 0 amide bonds. The highest BCUT2D eigenvalue weighted by molar-refractivity contribution is 7.47. The topological polar surface area (TPSA) is 155 Å². The number of esters is 3. The van der Waals surface area contributed by atoms with Crippen LogP contribution in [0.3, 0.4) is 0 Å². The summed E-state index contributed by atoms with van der Waals surface area (Å²) in [4.78, 5) is 48.6. The van der Waals surface area contributed by atoms with Crippen molar-refractivity contribution in [3.05, 3.63) is 48.6 Å². The maximum Gasteiger partial charge on any atom is 0.472 e. The van der Waals surface area contributed by atoms with Gasteiger partial charge in [-0.15, -0.1) is 0 Å². The smallest absolute Gasteiger partial charge is 0.462 e. The molecule has 3 atom stereocenters. The van der Waals surface area contributed by atoms with E-state index in [1.165, 1.54) is 122 Å². The average Bonchev–Trinajstić information content (AvgIpc) is 3.39. The van der Waals surface area contributed by atoms with Gasteiger partial charge in [0.05, 0.1) is 19.8 Å². The van der Waals surface area contributed by atoms with E-state index in [1.54, 1.807) is 0 Å². The van der Waals surface area contributed by atoms with Crippen molar-refractivity contribution in [2.45, 2.75) is 303 Å². The van der Waals surface area contributed by atoms with E-state index in [-0.39, 0.29) is 25.9 Å². The molecule has 11 nitrogen and oxygen atoms in total. The molecule has 0 aromatic heterocycles. The highest BCUT2D eigenvalue weighted by Gasteiger charge is 2.28. The maximum atomic E-state index is 12.9. The van der Waals surface area contributed by atoms with E-state index in [2.05, 4.69) is 69.4 Å². The first-order chi connectivity index (χ1) is 36.2. The van der Waals surface area contributed by atoms with Crippen LogP contribution in [0.1, 0.15) is 290 Å². The van der Waals surface area contributed by atoms with E-state index < -0.39 is 57.8 Å². The third-order valence-electron chi connectivity index (χ3n) is 13.2. The Kier molecular flexibility index (Phi) is 54.7. The molecule has 2 N–H and O–H groups in total. The van der Waals surface area contributed by atoms with Crippen LogP contribution in [0.5, 0.6) is 0 Å². The van der Waals surface area contributed by atoms with Crippen LogP contribution in [0, 0.1) is 0 Å². The van der Waals surface area contributed by atoms with Crippen molar-refractivity contribution < 1.29 is 52.2 Å². The number of ether oxygens (including phenoxy) is 3. The number of hydrogen-bond acceptors (Lipinski definition) is 10. The minimum atomic E-state index is -4.75. The number of aliphatic hydroxyl groups is 1. The summed E-state index contributed by atoms with van der Waals surface area (Å²) in [5, 5.41) is 9.82. The van der Waals surface area contributed by atoms with Crippen LogP contribution in [0.25, 0.3) is 0 Å². The zero-order chi connectivity index (χ0) is 54.1. The number of carbonyl (C=O) groups is 3. The van der Waals surface area contributed by atoms with Crippen LogP contribution in [0.15, 0.2) is 48.6 Å². The van der Waals surface area contributed by atoms with Crippen LogP contribution in [-0.4, -0.2) is 66.5 Å². The van der Waals surface area contributed by atoms with Crippen molar-refractivity contribution >= 4 is 25.7 Å². The van der Waals surface area contributed by atoms with E-state index >= 15 is 0 Å². The fourth-order valence-corrected chi connectivity index (χ4v) is 9.39. The van der Waals surface area contributed by atoms with E-state index in [0.29, 0.717) is 19.3 Å². The fourth-order valence-electron chi connectivity index (χ4n) is 8.60. The van der Waals surface area contributed by atoms with Crippen LogP contribution in [0.4, 0.5) is 0 Å². The number of aliphatic hydroxyl groups excluding tert-OH is 1. The summed E-state index contributed by atoms with van der Waals surface area (Å²) in [6.45, 7) is 4.54. The van der Waals surface area contributed by atoms with Gasteiger partial charge >= 0.3 is 25.7 Å². The number of carbonyl (C=O) groups excluding carboxylic acids is 3. The fraction of sp³-hybridized carbons (Fsp3) is 0.823. The molecule has 0 spiro atoms. The van der Waals surface area contributed by atoms with Gasteiger partial charge in [-0.25, -0.2) is 4.57 Å². The van der Waals surface area contributed by atoms with Crippen molar-refractivity contribution in [1.82, 2.24) is 0 Å². The van der Waals surface area contributed by atoms with Gasteiger partial charge in [-0.3, -0.25) is 23.4 Å². The zero-order valence-electron chi connectivity index (χ0n) is 47.8. The summed E-state index contributed by atoms with van der Waals surface area (Å²) >= 11 is 0. The quantitative estimate of drug-likeness (QED) is 0.0197. The molecule has 0 heterocycles. The second kappa shape index (κ2) is 56.6. The Balaban J connectivity index is 4.68. The minimum Gasteiger partial charge on any atom is -0.462 e. The van der Waals surface area contributed by atoms with Crippen molar-refractivity contribution in [3.8, 4) is 0 Å². The number of phosphoric acid groups is 1. The van der Waals surface area contributed by atoms with Crippen LogP contribution in [-0.2, 0) is 42.2 Å². The third-order valence-corrected chi connectivity index (χ3v) is 14.2. The molecule has 432 valence electrons. The Hall–Kier alpha value is -2.56. The first-order valence-electron chi connectivity index (χ1n) is 30.5. The Morgan fingerprint density at radius 3 is 1.11 bits per heavy atom. The van der Waals surface area contributed by atoms with Crippen molar-refractivity contribution in [2.75, 3.05) is 26.4 Å². The Bertz CT molecular complexity index is 1430. The lowest BCUT2D eigenvalue weighted by molar-refractivity contribution is -0.161. The first kappa shape index (κ1) is 71.4. The molecule has 0 fully saturated rings.